The highest BCUT2D eigenvalue weighted by Gasteiger charge is 2.19. The SMILES string of the molecule is O=[N+]([O-])c1ccc(CN2CCCOCN(Cc3ccc([N+](=O)[O-])cc3)CCOCCOCC2)cc1.O=[N+]([O-])c1ccc2c(c1)N=C(COCc1nc3ccc([N+](=O)[O-])cc3[nH]1)C2. The molecule has 1 aromatic heterocycles. The van der Waals surface area contributed by atoms with Crippen LogP contribution in [0.1, 0.15) is 28.9 Å². The molecule has 2 aliphatic heterocycles. The number of hydrogen-bond donors (Lipinski definition) is 1. The fourth-order valence-corrected chi connectivity index (χ4v) is 6.65. The van der Waals surface area contributed by atoms with Crippen molar-refractivity contribution in [1.82, 2.24) is 19.8 Å². The van der Waals surface area contributed by atoms with Crippen molar-refractivity contribution in [2.24, 2.45) is 4.99 Å². The zero-order chi connectivity index (χ0) is 43.8. The number of H-pyrrole nitrogens is 1. The summed E-state index contributed by atoms with van der Waals surface area (Å²) in [5.74, 6) is 0.553. The number of ether oxygens (including phenoxy) is 4. The van der Waals surface area contributed by atoms with Gasteiger partial charge in [-0.3, -0.25) is 55.2 Å². The Kier molecular flexibility index (Phi) is 16.1. The number of aromatic amines is 1. The minimum absolute atomic E-state index is 0.00853. The van der Waals surface area contributed by atoms with E-state index < -0.39 is 19.7 Å². The third kappa shape index (κ3) is 13.4. The van der Waals surface area contributed by atoms with Gasteiger partial charge in [-0.25, -0.2) is 4.98 Å². The molecule has 21 heteroatoms. The lowest BCUT2D eigenvalue weighted by Crippen LogP contribution is -2.31. The molecule has 0 amide bonds. The van der Waals surface area contributed by atoms with Crippen molar-refractivity contribution < 1.29 is 38.6 Å². The van der Waals surface area contributed by atoms with Crippen LogP contribution in [0.25, 0.3) is 11.0 Å². The normalized spacial score (nSPS) is 15.6. The van der Waals surface area contributed by atoms with Gasteiger partial charge in [0.2, 0.25) is 0 Å². The Morgan fingerprint density at radius 1 is 0.613 bits per heavy atom. The average molecular weight is 856 g/mol. The molecule has 0 saturated carbocycles. The molecule has 5 aromatic rings. The number of fused-ring (bicyclic) bond motifs is 2. The van der Waals surface area contributed by atoms with E-state index in [1.807, 2.05) is 0 Å². The van der Waals surface area contributed by atoms with Crippen molar-refractivity contribution in [3.05, 3.63) is 148 Å². The Labute approximate surface area is 354 Å². The first-order chi connectivity index (χ1) is 30.0. The Morgan fingerprint density at radius 2 is 1.18 bits per heavy atom. The van der Waals surface area contributed by atoms with Crippen LogP contribution in [0.15, 0.2) is 89.9 Å². The minimum Gasteiger partial charge on any atom is -0.378 e. The summed E-state index contributed by atoms with van der Waals surface area (Å²) in [4.78, 5) is 57.8. The number of hydrogen-bond acceptors (Lipinski definition) is 16. The standard InChI is InChI=1S/C24H32N4O7.C17H13N5O5/c29-27(30)23-6-2-21(3-7-23)18-25-10-1-13-35-20-26(12-15-34-17-16-33-14-11-25)19-22-4-8-24(9-5-22)28(31)32;23-21(24)12-2-1-10-5-11(18-15(10)6-12)8-27-9-17-19-14-4-3-13(22(25)26)7-16(14)20-17/h2-9H,1,10-20H2;1-4,6-7H,5,8-9H2,(H,19,20). The zero-order valence-electron chi connectivity index (χ0n) is 33.7. The predicted molar refractivity (Wildman–Crippen MR) is 225 cm³/mol. The summed E-state index contributed by atoms with van der Waals surface area (Å²) < 4.78 is 23.0. The summed E-state index contributed by atoms with van der Waals surface area (Å²) in [6.07, 6.45) is 1.41. The predicted octanol–water partition coefficient (Wildman–Crippen LogP) is 6.44. The Balaban J connectivity index is 0.000000213. The van der Waals surface area contributed by atoms with Crippen molar-refractivity contribution in [2.75, 3.05) is 66.0 Å². The highest BCUT2D eigenvalue weighted by Crippen LogP contribution is 2.31. The Morgan fingerprint density at radius 3 is 1.81 bits per heavy atom. The smallest absolute Gasteiger partial charge is 0.271 e. The van der Waals surface area contributed by atoms with E-state index in [0.717, 1.165) is 41.9 Å². The van der Waals surface area contributed by atoms with E-state index in [-0.39, 0.29) is 36.0 Å². The number of non-ortho nitro benzene ring substituents is 4. The molecule has 0 bridgehead atoms. The summed E-state index contributed by atoms with van der Waals surface area (Å²) in [5, 5.41) is 43.4. The molecule has 0 spiro atoms. The molecule has 2 aliphatic rings. The van der Waals surface area contributed by atoms with Gasteiger partial charge in [-0.2, -0.15) is 0 Å². The molecule has 1 N–H and O–H groups in total. The van der Waals surface area contributed by atoms with Crippen LogP contribution in [0.5, 0.6) is 0 Å². The number of nitrogens with one attached hydrogen (secondary N) is 1. The maximum absolute atomic E-state index is 10.9. The Bertz CT molecular complexity index is 2280. The number of benzene rings is 4. The molecule has 3 heterocycles. The first-order valence-corrected chi connectivity index (χ1v) is 19.7. The molecule has 0 atom stereocenters. The summed E-state index contributed by atoms with van der Waals surface area (Å²) >= 11 is 0. The van der Waals surface area contributed by atoms with Gasteiger partial charge in [0.15, 0.2) is 0 Å². The van der Waals surface area contributed by atoms with Crippen LogP contribution in [0.3, 0.4) is 0 Å². The van der Waals surface area contributed by atoms with Crippen molar-refractivity contribution in [3.8, 4) is 0 Å². The fraction of sp³-hybridized carbons (Fsp3) is 0.366. The number of nitro benzene ring substituents is 4. The van der Waals surface area contributed by atoms with Crippen LogP contribution >= 0.6 is 0 Å². The molecule has 21 nitrogen and oxygen atoms in total. The van der Waals surface area contributed by atoms with Gasteiger partial charge in [0.05, 0.1) is 76.2 Å². The third-order valence-electron chi connectivity index (χ3n) is 9.80. The van der Waals surface area contributed by atoms with Gasteiger partial charge in [0.1, 0.15) is 12.4 Å². The first kappa shape index (κ1) is 44.9. The maximum atomic E-state index is 10.9. The largest absolute Gasteiger partial charge is 0.378 e. The molecule has 62 heavy (non-hydrogen) atoms. The molecular formula is C41H45N9O12. The topological polar surface area (TPSA) is 257 Å². The number of imidazole rings is 1. The second-order valence-corrected chi connectivity index (χ2v) is 14.4. The lowest BCUT2D eigenvalue weighted by atomic mass is 10.1. The third-order valence-corrected chi connectivity index (χ3v) is 9.80. The second kappa shape index (κ2) is 22.3. The van der Waals surface area contributed by atoms with E-state index in [1.165, 1.54) is 48.5 Å². The Hall–Kier alpha value is -6.62. The molecular weight excluding hydrogens is 811 g/mol. The maximum Gasteiger partial charge on any atom is 0.271 e. The molecule has 1 saturated heterocycles. The molecule has 0 unspecified atom stereocenters. The van der Waals surface area contributed by atoms with Gasteiger partial charge in [0, 0.05) is 100.0 Å². The van der Waals surface area contributed by atoms with Crippen LogP contribution in [0, 0.1) is 40.5 Å². The first-order valence-electron chi connectivity index (χ1n) is 19.7. The van der Waals surface area contributed by atoms with E-state index in [9.17, 15) is 40.5 Å². The highest BCUT2D eigenvalue weighted by molar-refractivity contribution is 5.95. The van der Waals surface area contributed by atoms with E-state index in [4.69, 9.17) is 18.9 Å². The lowest BCUT2D eigenvalue weighted by Gasteiger charge is -2.23. The molecule has 0 aliphatic carbocycles. The summed E-state index contributed by atoms with van der Waals surface area (Å²) in [5.41, 5.74) is 5.62. The highest BCUT2D eigenvalue weighted by atomic mass is 16.6. The number of nitro groups is 4. The van der Waals surface area contributed by atoms with Crippen LogP contribution in [0.2, 0.25) is 0 Å². The van der Waals surface area contributed by atoms with Crippen molar-refractivity contribution in [2.45, 2.75) is 32.5 Å². The van der Waals surface area contributed by atoms with E-state index in [1.54, 1.807) is 36.4 Å². The molecule has 4 aromatic carbocycles. The molecule has 1 fully saturated rings. The lowest BCUT2D eigenvalue weighted by molar-refractivity contribution is -0.385. The van der Waals surface area contributed by atoms with Gasteiger partial charge in [-0.15, -0.1) is 0 Å². The van der Waals surface area contributed by atoms with Crippen molar-refractivity contribution >= 4 is 45.2 Å². The zero-order valence-corrected chi connectivity index (χ0v) is 33.7. The van der Waals surface area contributed by atoms with E-state index in [2.05, 4.69) is 24.8 Å². The number of aromatic nitrogens is 2. The number of nitrogens with zero attached hydrogens (tertiary/aromatic N) is 8. The van der Waals surface area contributed by atoms with E-state index in [0.29, 0.717) is 88.4 Å². The quantitative estimate of drug-likeness (QED) is 0.105. The molecule has 7 rings (SSSR count). The van der Waals surface area contributed by atoms with Gasteiger partial charge in [-0.05, 0) is 35.2 Å². The summed E-state index contributed by atoms with van der Waals surface area (Å²) in [6, 6.07) is 22.2. The number of aliphatic imine (C=N–C) groups is 1. The monoisotopic (exact) mass is 855 g/mol. The molecule has 0 radical (unpaired) electrons. The van der Waals surface area contributed by atoms with Crippen LogP contribution in [-0.2, 0) is 45.1 Å². The average Bonchev–Trinajstić information content (AvgIpc) is 3.87. The van der Waals surface area contributed by atoms with Crippen molar-refractivity contribution in [3.63, 3.8) is 0 Å². The van der Waals surface area contributed by atoms with Crippen LogP contribution in [0.4, 0.5) is 28.4 Å². The second-order valence-electron chi connectivity index (χ2n) is 14.4. The van der Waals surface area contributed by atoms with Crippen LogP contribution in [-0.4, -0.2) is 111 Å². The fourth-order valence-electron chi connectivity index (χ4n) is 6.65. The summed E-state index contributed by atoms with van der Waals surface area (Å²) in [6.45, 7) is 7.06. The minimum atomic E-state index is -0.462. The molecule has 326 valence electrons. The summed E-state index contributed by atoms with van der Waals surface area (Å²) in [7, 11) is 0. The van der Waals surface area contributed by atoms with Crippen molar-refractivity contribution in [1.29, 1.82) is 0 Å². The van der Waals surface area contributed by atoms with Gasteiger partial charge < -0.3 is 23.9 Å². The number of rotatable bonds is 12. The van der Waals surface area contributed by atoms with E-state index >= 15 is 0 Å². The van der Waals surface area contributed by atoms with Crippen LogP contribution < -0.4 is 0 Å². The van der Waals surface area contributed by atoms with Gasteiger partial charge in [-0.1, -0.05) is 24.3 Å². The van der Waals surface area contributed by atoms with Gasteiger partial charge >= 0.3 is 0 Å². The van der Waals surface area contributed by atoms with Gasteiger partial charge in [0.25, 0.3) is 22.7 Å².